The summed E-state index contributed by atoms with van der Waals surface area (Å²) < 4.78 is 12.0. The van der Waals surface area contributed by atoms with Crippen LogP contribution in [0.15, 0.2) is 0 Å². The van der Waals surface area contributed by atoms with Crippen molar-refractivity contribution in [2.45, 2.75) is 116 Å². The number of aliphatic carboxylic acids is 1. The van der Waals surface area contributed by atoms with Gasteiger partial charge in [-0.05, 0) is 33.1 Å². The minimum atomic E-state index is -0.734. The second-order valence-corrected chi connectivity index (χ2v) is 7.26. The van der Waals surface area contributed by atoms with Gasteiger partial charge in [-0.25, -0.2) is 0 Å². The minimum Gasteiger partial charge on any atom is -0.481 e. The molecule has 1 aliphatic heterocycles. The Morgan fingerprint density at radius 3 is 1.87 bits per heavy atom. The van der Waals surface area contributed by atoms with E-state index in [2.05, 4.69) is 6.92 Å². The van der Waals surface area contributed by atoms with Crippen molar-refractivity contribution in [3.05, 3.63) is 0 Å². The number of rotatable bonds is 13. The molecule has 0 spiro atoms. The Labute approximate surface area is 141 Å². The van der Waals surface area contributed by atoms with Gasteiger partial charge in [0.2, 0.25) is 0 Å². The lowest BCUT2D eigenvalue weighted by molar-refractivity contribution is -0.147. The van der Waals surface area contributed by atoms with Crippen LogP contribution in [0.2, 0.25) is 0 Å². The fourth-order valence-electron chi connectivity index (χ4n) is 3.33. The standard InChI is InChI=1S/C19H36O4/c1-4-5-6-7-8-9-10-11-13-16-17(14-12-15-18(20)21)23-19(2,3)22-16/h16-17H,4-15H2,1-3H3,(H,20,21)/t16-,17+/m0/s1. The number of carboxylic acid groups (broad SMARTS) is 1. The first-order valence-corrected chi connectivity index (χ1v) is 9.52. The summed E-state index contributed by atoms with van der Waals surface area (Å²) in [4.78, 5) is 10.6. The minimum absolute atomic E-state index is 0.0499. The van der Waals surface area contributed by atoms with Crippen molar-refractivity contribution in [3.8, 4) is 0 Å². The number of carbonyl (C=O) groups is 1. The fraction of sp³-hybridized carbons (Fsp3) is 0.947. The molecule has 1 rings (SSSR count). The van der Waals surface area contributed by atoms with Gasteiger partial charge in [-0.1, -0.05) is 58.3 Å². The van der Waals surface area contributed by atoms with Crippen LogP contribution in [0.1, 0.15) is 97.8 Å². The Morgan fingerprint density at radius 1 is 0.870 bits per heavy atom. The van der Waals surface area contributed by atoms with Gasteiger partial charge in [-0.3, -0.25) is 4.79 Å². The van der Waals surface area contributed by atoms with E-state index in [1.54, 1.807) is 0 Å². The summed E-state index contributed by atoms with van der Waals surface area (Å²) in [6.45, 7) is 6.15. The van der Waals surface area contributed by atoms with E-state index in [1.807, 2.05) is 13.8 Å². The van der Waals surface area contributed by atoms with E-state index in [0.29, 0.717) is 6.42 Å². The normalized spacial score (nSPS) is 23.3. The summed E-state index contributed by atoms with van der Waals surface area (Å²) in [5, 5.41) is 8.76. The van der Waals surface area contributed by atoms with Crippen molar-refractivity contribution in [2.75, 3.05) is 0 Å². The van der Waals surface area contributed by atoms with E-state index < -0.39 is 11.8 Å². The molecule has 136 valence electrons. The van der Waals surface area contributed by atoms with E-state index in [4.69, 9.17) is 14.6 Å². The number of carboxylic acids is 1. The average molecular weight is 328 g/mol. The number of ether oxygens (including phenoxy) is 2. The summed E-state index contributed by atoms with van der Waals surface area (Å²) >= 11 is 0. The first-order valence-electron chi connectivity index (χ1n) is 9.52. The Morgan fingerprint density at radius 2 is 1.35 bits per heavy atom. The molecule has 1 N–H and O–H groups in total. The van der Waals surface area contributed by atoms with Gasteiger partial charge in [0.1, 0.15) is 0 Å². The molecule has 0 amide bonds. The van der Waals surface area contributed by atoms with Crippen molar-refractivity contribution in [2.24, 2.45) is 0 Å². The van der Waals surface area contributed by atoms with Crippen LogP contribution in [0.5, 0.6) is 0 Å². The molecule has 4 nitrogen and oxygen atoms in total. The third-order valence-electron chi connectivity index (χ3n) is 4.51. The lowest BCUT2D eigenvalue weighted by atomic mass is 10.0. The molecule has 1 heterocycles. The lowest BCUT2D eigenvalue weighted by Gasteiger charge is -2.16. The number of unbranched alkanes of at least 4 members (excludes halogenated alkanes) is 7. The molecule has 2 atom stereocenters. The Hall–Kier alpha value is -0.610. The summed E-state index contributed by atoms with van der Waals surface area (Å²) in [6, 6.07) is 0. The van der Waals surface area contributed by atoms with E-state index in [-0.39, 0.29) is 18.6 Å². The van der Waals surface area contributed by atoms with Gasteiger partial charge in [0.15, 0.2) is 5.79 Å². The summed E-state index contributed by atoms with van der Waals surface area (Å²) in [6.07, 6.45) is 13.3. The van der Waals surface area contributed by atoms with Crippen molar-refractivity contribution < 1.29 is 19.4 Å². The highest BCUT2D eigenvalue weighted by molar-refractivity contribution is 5.66. The zero-order chi connectivity index (χ0) is 17.1. The van der Waals surface area contributed by atoms with E-state index in [0.717, 1.165) is 12.8 Å². The molecule has 1 aliphatic rings. The molecule has 0 aromatic rings. The molecular weight excluding hydrogens is 292 g/mol. The highest BCUT2D eigenvalue weighted by atomic mass is 16.7. The molecule has 0 unspecified atom stereocenters. The SMILES string of the molecule is CCCCCCCCCC[C@@H]1OC(C)(C)O[C@@H]1CCCC(=O)O. The van der Waals surface area contributed by atoms with Gasteiger partial charge < -0.3 is 14.6 Å². The Bertz CT molecular complexity index is 327. The third kappa shape index (κ3) is 9.31. The first-order chi connectivity index (χ1) is 10.9. The van der Waals surface area contributed by atoms with Crippen LogP contribution in [0, 0.1) is 0 Å². The van der Waals surface area contributed by atoms with Crippen molar-refractivity contribution in [1.82, 2.24) is 0 Å². The molecule has 0 aliphatic carbocycles. The zero-order valence-electron chi connectivity index (χ0n) is 15.3. The monoisotopic (exact) mass is 328 g/mol. The predicted octanol–water partition coefficient (Wildman–Crippen LogP) is 5.29. The topological polar surface area (TPSA) is 55.8 Å². The van der Waals surface area contributed by atoms with Gasteiger partial charge in [0.25, 0.3) is 0 Å². The second-order valence-electron chi connectivity index (χ2n) is 7.26. The largest absolute Gasteiger partial charge is 0.481 e. The number of hydrogen-bond acceptors (Lipinski definition) is 3. The lowest BCUT2D eigenvalue weighted by Crippen LogP contribution is -2.22. The van der Waals surface area contributed by atoms with Crippen LogP contribution in [-0.4, -0.2) is 29.1 Å². The number of hydrogen-bond donors (Lipinski definition) is 1. The molecule has 4 heteroatoms. The summed E-state index contributed by atoms with van der Waals surface area (Å²) in [5.41, 5.74) is 0. The zero-order valence-corrected chi connectivity index (χ0v) is 15.3. The fourth-order valence-corrected chi connectivity index (χ4v) is 3.33. The second kappa shape index (κ2) is 11.0. The molecule has 0 saturated carbocycles. The molecule has 0 aromatic carbocycles. The van der Waals surface area contributed by atoms with Gasteiger partial charge in [-0.15, -0.1) is 0 Å². The highest BCUT2D eigenvalue weighted by Gasteiger charge is 2.40. The maximum atomic E-state index is 10.6. The van der Waals surface area contributed by atoms with E-state index in [1.165, 1.54) is 51.4 Å². The average Bonchev–Trinajstić information content (AvgIpc) is 2.76. The maximum Gasteiger partial charge on any atom is 0.303 e. The van der Waals surface area contributed by atoms with Gasteiger partial charge >= 0.3 is 5.97 Å². The molecular formula is C19H36O4. The van der Waals surface area contributed by atoms with Gasteiger partial charge in [0, 0.05) is 6.42 Å². The molecule has 1 fully saturated rings. The molecule has 23 heavy (non-hydrogen) atoms. The van der Waals surface area contributed by atoms with Gasteiger partial charge in [-0.2, -0.15) is 0 Å². The Kier molecular flexibility index (Phi) is 9.80. The quantitative estimate of drug-likeness (QED) is 0.467. The summed E-state index contributed by atoms with van der Waals surface area (Å²) in [7, 11) is 0. The van der Waals surface area contributed by atoms with Gasteiger partial charge in [0.05, 0.1) is 12.2 Å². The van der Waals surface area contributed by atoms with Crippen LogP contribution < -0.4 is 0 Å². The predicted molar refractivity (Wildman–Crippen MR) is 92.5 cm³/mol. The molecule has 0 bridgehead atoms. The molecule has 0 radical (unpaired) electrons. The highest BCUT2D eigenvalue weighted by Crippen LogP contribution is 2.33. The van der Waals surface area contributed by atoms with Crippen LogP contribution in [0.25, 0.3) is 0 Å². The van der Waals surface area contributed by atoms with Crippen LogP contribution in [-0.2, 0) is 14.3 Å². The van der Waals surface area contributed by atoms with Crippen molar-refractivity contribution >= 4 is 5.97 Å². The van der Waals surface area contributed by atoms with Crippen LogP contribution in [0.3, 0.4) is 0 Å². The third-order valence-corrected chi connectivity index (χ3v) is 4.51. The first kappa shape index (κ1) is 20.4. The molecule has 0 aromatic heterocycles. The van der Waals surface area contributed by atoms with Crippen molar-refractivity contribution in [1.29, 1.82) is 0 Å². The van der Waals surface area contributed by atoms with Crippen LogP contribution in [0.4, 0.5) is 0 Å². The Balaban J connectivity index is 2.17. The molecule has 1 saturated heterocycles. The smallest absolute Gasteiger partial charge is 0.303 e. The van der Waals surface area contributed by atoms with E-state index in [9.17, 15) is 4.79 Å². The van der Waals surface area contributed by atoms with Crippen LogP contribution >= 0.6 is 0 Å². The van der Waals surface area contributed by atoms with Crippen molar-refractivity contribution in [3.63, 3.8) is 0 Å². The summed E-state index contributed by atoms with van der Waals surface area (Å²) in [5.74, 6) is -1.26. The maximum absolute atomic E-state index is 10.6. The van der Waals surface area contributed by atoms with E-state index >= 15 is 0 Å².